The summed E-state index contributed by atoms with van der Waals surface area (Å²) in [5.74, 6) is 0. The minimum atomic E-state index is 0. The third-order valence-electron chi connectivity index (χ3n) is 3.39. The SMILES string of the molecule is CC[N-][C@@H]1CCCC[C@H]1N(CC)CC.[Li+]. The first-order valence-corrected chi connectivity index (χ1v) is 6.24. The summed E-state index contributed by atoms with van der Waals surface area (Å²) in [6.07, 6.45) is 5.45. The van der Waals surface area contributed by atoms with Crippen molar-refractivity contribution in [1.29, 1.82) is 0 Å². The number of nitrogens with zero attached hydrogens (tertiary/aromatic N) is 2. The van der Waals surface area contributed by atoms with E-state index in [0.717, 1.165) is 12.6 Å². The molecule has 0 N–H and O–H groups in total. The van der Waals surface area contributed by atoms with E-state index in [-0.39, 0.29) is 18.9 Å². The van der Waals surface area contributed by atoms with Crippen molar-refractivity contribution in [1.82, 2.24) is 4.90 Å². The summed E-state index contributed by atoms with van der Waals surface area (Å²) < 4.78 is 0. The van der Waals surface area contributed by atoms with Crippen LogP contribution in [0.15, 0.2) is 0 Å². The van der Waals surface area contributed by atoms with Gasteiger partial charge < -0.3 is 10.2 Å². The van der Waals surface area contributed by atoms with E-state index in [2.05, 4.69) is 25.7 Å². The second-order valence-corrected chi connectivity index (χ2v) is 4.14. The molecule has 0 heterocycles. The van der Waals surface area contributed by atoms with Gasteiger partial charge in [-0.05, 0) is 25.6 Å². The summed E-state index contributed by atoms with van der Waals surface area (Å²) in [6.45, 7) is 10.0. The Morgan fingerprint density at radius 2 is 1.67 bits per heavy atom. The number of hydrogen-bond acceptors (Lipinski definition) is 1. The van der Waals surface area contributed by atoms with E-state index in [4.69, 9.17) is 5.32 Å². The van der Waals surface area contributed by atoms with E-state index in [1.54, 1.807) is 0 Å². The van der Waals surface area contributed by atoms with Crippen molar-refractivity contribution < 1.29 is 18.9 Å². The van der Waals surface area contributed by atoms with Gasteiger partial charge in [0.25, 0.3) is 0 Å². The van der Waals surface area contributed by atoms with Crippen LogP contribution < -0.4 is 18.9 Å². The van der Waals surface area contributed by atoms with Crippen molar-refractivity contribution in [2.24, 2.45) is 0 Å². The molecule has 0 bridgehead atoms. The van der Waals surface area contributed by atoms with Crippen LogP contribution in [0.1, 0.15) is 46.5 Å². The molecule has 2 nitrogen and oxygen atoms in total. The average molecular weight is 204 g/mol. The van der Waals surface area contributed by atoms with Crippen LogP contribution in [0.5, 0.6) is 0 Å². The van der Waals surface area contributed by atoms with E-state index in [1.165, 1.54) is 38.8 Å². The molecule has 1 saturated carbocycles. The minimum absolute atomic E-state index is 0. The molecular formula is C12H25LiN2. The average Bonchev–Trinajstić information content (AvgIpc) is 2.23. The molecule has 15 heavy (non-hydrogen) atoms. The molecular weight excluding hydrogens is 179 g/mol. The van der Waals surface area contributed by atoms with Crippen molar-refractivity contribution >= 4 is 0 Å². The molecule has 1 fully saturated rings. The normalized spacial score (nSPS) is 26.4. The fourth-order valence-electron chi connectivity index (χ4n) is 2.66. The quantitative estimate of drug-likeness (QED) is 0.578. The van der Waals surface area contributed by atoms with Crippen LogP contribution in [0.2, 0.25) is 0 Å². The van der Waals surface area contributed by atoms with Crippen LogP contribution in [-0.4, -0.2) is 36.6 Å². The predicted octanol–water partition coefficient (Wildman–Crippen LogP) is 0.0370. The van der Waals surface area contributed by atoms with Crippen LogP contribution >= 0.6 is 0 Å². The summed E-state index contributed by atoms with van der Waals surface area (Å²) in [5, 5.41) is 4.74. The Bertz CT molecular complexity index is 147. The van der Waals surface area contributed by atoms with Crippen LogP contribution in [-0.2, 0) is 0 Å². The summed E-state index contributed by atoms with van der Waals surface area (Å²) in [4.78, 5) is 2.59. The monoisotopic (exact) mass is 204 g/mol. The van der Waals surface area contributed by atoms with Crippen molar-refractivity contribution in [3.63, 3.8) is 0 Å². The van der Waals surface area contributed by atoms with E-state index in [9.17, 15) is 0 Å². The van der Waals surface area contributed by atoms with Gasteiger partial charge >= 0.3 is 18.9 Å². The predicted molar refractivity (Wildman–Crippen MR) is 62.9 cm³/mol. The van der Waals surface area contributed by atoms with Gasteiger partial charge in [0, 0.05) is 0 Å². The molecule has 0 aromatic rings. The fraction of sp³-hybridized carbons (Fsp3) is 1.00. The molecule has 3 heteroatoms. The van der Waals surface area contributed by atoms with E-state index < -0.39 is 0 Å². The molecule has 1 aliphatic rings. The second-order valence-electron chi connectivity index (χ2n) is 4.14. The van der Waals surface area contributed by atoms with Gasteiger partial charge in [0.05, 0.1) is 0 Å². The molecule has 0 unspecified atom stereocenters. The Balaban J connectivity index is 0.00000196. The van der Waals surface area contributed by atoms with Crippen molar-refractivity contribution in [3.05, 3.63) is 5.32 Å². The van der Waals surface area contributed by atoms with Gasteiger partial charge in [0.15, 0.2) is 0 Å². The van der Waals surface area contributed by atoms with Crippen molar-refractivity contribution in [2.75, 3.05) is 19.6 Å². The number of rotatable bonds is 5. The molecule has 0 aromatic heterocycles. The van der Waals surface area contributed by atoms with Crippen LogP contribution in [0, 0.1) is 0 Å². The zero-order chi connectivity index (χ0) is 10.4. The Kier molecular flexibility index (Phi) is 8.94. The first-order chi connectivity index (χ1) is 6.83. The third-order valence-corrected chi connectivity index (χ3v) is 3.39. The molecule has 0 radical (unpaired) electrons. The maximum atomic E-state index is 4.74. The topological polar surface area (TPSA) is 17.3 Å². The summed E-state index contributed by atoms with van der Waals surface area (Å²) in [7, 11) is 0. The van der Waals surface area contributed by atoms with E-state index in [1.807, 2.05) is 0 Å². The summed E-state index contributed by atoms with van der Waals surface area (Å²) in [6, 6.07) is 1.35. The maximum absolute atomic E-state index is 4.74. The molecule has 0 amide bonds. The number of likely N-dealkylation sites (N-methyl/N-ethyl adjacent to an activating group) is 2. The number of hydrogen-bond donors (Lipinski definition) is 0. The first kappa shape index (κ1) is 15.5. The van der Waals surface area contributed by atoms with Crippen LogP contribution in [0.3, 0.4) is 0 Å². The summed E-state index contributed by atoms with van der Waals surface area (Å²) >= 11 is 0. The van der Waals surface area contributed by atoms with Crippen molar-refractivity contribution in [2.45, 2.75) is 58.5 Å². The Hall–Kier alpha value is 0.517. The molecule has 0 saturated heterocycles. The zero-order valence-electron chi connectivity index (χ0n) is 11.0. The Labute approximate surface area is 107 Å². The van der Waals surface area contributed by atoms with Gasteiger partial charge in [0.2, 0.25) is 0 Å². The van der Waals surface area contributed by atoms with E-state index >= 15 is 0 Å². The molecule has 0 spiro atoms. The standard InChI is InChI=1S/C12H25N2.Li/c1-4-13-11-9-7-8-10-12(11)14(5-2)6-3;/h11-12H,4-10H2,1-3H3;/q-1;+1/t11-,12-;/m1./s1. The third kappa shape index (κ3) is 4.49. The van der Waals surface area contributed by atoms with Crippen LogP contribution in [0.25, 0.3) is 5.32 Å². The molecule has 2 atom stereocenters. The Morgan fingerprint density at radius 3 is 2.20 bits per heavy atom. The van der Waals surface area contributed by atoms with Gasteiger partial charge in [0.1, 0.15) is 0 Å². The largest absolute Gasteiger partial charge is 1.00 e. The molecule has 1 rings (SSSR count). The molecule has 1 aliphatic carbocycles. The van der Waals surface area contributed by atoms with Crippen molar-refractivity contribution in [3.8, 4) is 0 Å². The fourth-order valence-corrected chi connectivity index (χ4v) is 2.66. The van der Waals surface area contributed by atoms with Gasteiger partial charge in [-0.3, -0.25) is 0 Å². The van der Waals surface area contributed by atoms with Gasteiger partial charge in [-0.15, -0.1) is 6.04 Å². The van der Waals surface area contributed by atoms with Gasteiger partial charge in [-0.1, -0.05) is 40.0 Å². The molecule has 0 aliphatic heterocycles. The zero-order valence-corrected chi connectivity index (χ0v) is 11.0. The van der Waals surface area contributed by atoms with E-state index in [0.29, 0.717) is 6.04 Å². The summed E-state index contributed by atoms with van der Waals surface area (Å²) in [5.41, 5.74) is 0. The maximum Gasteiger partial charge on any atom is 1.00 e. The Morgan fingerprint density at radius 1 is 1.07 bits per heavy atom. The molecule has 84 valence electrons. The molecule has 0 aromatic carbocycles. The van der Waals surface area contributed by atoms with Crippen LogP contribution in [0.4, 0.5) is 0 Å². The smallest absolute Gasteiger partial charge is 0.658 e. The first-order valence-electron chi connectivity index (χ1n) is 6.24. The minimum Gasteiger partial charge on any atom is -0.658 e. The second kappa shape index (κ2) is 8.64. The van der Waals surface area contributed by atoms with Gasteiger partial charge in [-0.2, -0.15) is 6.54 Å². The van der Waals surface area contributed by atoms with Gasteiger partial charge in [-0.25, -0.2) is 0 Å².